The van der Waals surface area contributed by atoms with Crippen molar-refractivity contribution in [1.82, 2.24) is 0 Å². The van der Waals surface area contributed by atoms with E-state index in [0.717, 1.165) is 72.6 Å². The lowest BCUT2D eigenvalue weighted by Crippen LogP contribution is -2.15. The molecule has 4 rings (SSSR count). The van der Waals surface area contributed by atoms with E-state index in [4.69, 9.17) is 14.2 Å². The monoisotopic (exact) mass is 706 g/mol. The lowest BCUT2D eigenvalue weighted by molar-refractivity contribution is -0.149. The molecule has 2 unspecified atom stereocenters. The van der Waals surface area contributed by atoms with E-state index in [1.807, 2.05) is 139 Å². The molecule has 0 saturated carbocycles. The molecule has 9 nitrogen and oxygen atoms in total. The number of rotatable bonds is 18. The normalized spacial score (nSPS) is 12.2. The fourth-order valence-corrected chi connectivity index (χ4v) is 4.54. The highest BCUT2D eigenvalue weighted by molar-refractivity contribution is 5.73. The largest absolute Gasteiger partial charge is 0.494 e. The average Bonchev–Trinajstić information content (AvgIpc) is 3.15. The fraction of sp³-hybridized carbons (Fsp3) is 0.395. The zero-order chi connectivity index (χ0) is 37.6. The first-order chi connectivity index (χ1) is 25.1. The van der Waals surface area contributed by atoms with Gasteiger partial charge in [-0.2, -0.15) is 20.5 Å². The molecule has 0 aliphatic carbocycles. The highest BCUT2D eigenvalue weighted by Gasteiger charge is 2.09. The number of benzene rings is 4. The molecule has 0 N–H and O–H groups in total. The molecule has 0 radical (unpaired) electrons. The van der Waals surface area contributed by atoms with Crippen molar-refractivity contribution in [3.8, 4) is 5.75 Å². The fourth-order valence-electron chi connectivity index (χ4n) is 4.54. The molecule has 4 aromatic rings. The van der Waals surface area contributed by atoms with E-state index in [0.29, 0.717) is 13.0 Å². The third-order valence-electron chi connectivity index (χ3n) is 8.11. The number of esters is 2. The predicted molar refractivity (Wildman–Crippen MR) is 208 cm³/mol. The Balaban J connectivity index is 0.000000288. The summed E-state index contributed by atoms with van der Waals surface area (Å²) in [6.45, 7) is 12.6. The number of nitrogens with zero attached hydrogens (tertiary/aromatic N) is 4. The van der Waals surface area contributed by atoms with E-state index in [1.54, 1.807) is 0 Å². The van der Waals surface area contributed by atoms with Gasteiger partial charge in [0.15, 0.2) is 0 Å². The second kappa shape index (κ2) is 23.3. The maximum atomic E-state index is 11.7. The Hall–Kier alpha value is -5.18. The molecule has 0 aliphatic rings. The van der Waals surface area contributed by atoms with Gasteiger partial charge in [-0.1, -0.05) is 74.2 Å². The third-order valence-corrected chi connectivity index (χ3v) is 8.11. The Morgan fingerprint density at radius 3 is 1.40 bits per heavy atom. The Labute approximate surface area is 309 Å². The standard InChI is InChI=1S/C24H32N2O3.C19H22N2O2/c1-4-20(3)29-24(27)9-7-5-6-8-18-28-23-16-14-22(15-17-23)26-25-21-12-10-19(2)11-13-21;1-4-15(3)23-19(22)13-16-7-11-18(12-8-16)21-20-17-9-5-14(2)6-10-17/h10-17,20H,4-9,18H2,1-3H3;5-12,15H,4,13H2,1-3H3. The minimum atomic E-state index is -0.201. The quantitative estimate of drug-likeness (QED) is 0.0581. The first-order valence-corrected chi connectivity index (χ1v) is 18.3. The minimum Gasteiger partial charge on any atom is -0.494 e. The maximum Gasteiger partial charge on any atom is 0.310 e. The minimum absolute atomic E-state index is 0.0198. The van der Waals surface area contributed by atoms with Gasteiger partial charge < -0.3 is 14.2 Å². The summed E-state index contributed by atoms with van der Waals surface area (Å²) < 4.78 is 16.3. The van der Waals surface area contributed by atoms with Crippen molar-refractivity contribution in [1.29, 1.82) is 0 Å². The number of hydrogen-bond acceptors (Lipinski definition) is 9. The molecule has 0 heterocycles. The zero-order valence-corrected chi connectivity index (χ0v) is 31.6. The smallest absolute Gasteiger partial charge is 0.310 e. The van der Waals surface area contributed by atoms with Crippen molar-refractivity contribution in [2.75, 3.05) is 6.61 Å². The zero-order valence-electron chi connectivity index (χ0n) is 31.6. The molecule has 0 aliphatic heterocycles. The number of azo groups is 2. The summed E-state index contributed by atoms with van der Waals surface area (Å²) >= 11 is 0. The summed E-state index contributed by atoms with van der Waals surface area (Å²) in [6, 6.07) is 30.9. The Kier molecular flexibility index (Phi) is 18.5. The molecule has 0 fully saturated rings. The van der Waals surface area contributed by atoms with Gasteiger partial charge in [0.25, 0.3) is 0 Å². The van der Waals surface area contributed by atoms with Crippen molar-refractivity contribution in [3.05, 3.63) is 114 Å². The third kappa shape index (κ3) is 17.2. The van der Waals surface area contributed by atoms with Crippen LogP contribution in [0, 0.1) is 13.8 Å². The second-order valence-corrected chi connectivity index (χ2v) is 12.8. The van der Waals surface area contributed by atoms with Gasteiger partial charge in [0, 0.05) is 6.42 Å². The highest BCUT2D eigenvalue weighted by atomic mass is 16.5. The summed E-state index contributed by atoms with van der Waals surface area (Å²) in [5.74, 6) is 0.542. The predicted octanol–water partition coefficient (Wildman–Crippen LogP) is 12.4. The molecule has 2 atom stereocenters. The van der Waals surface area contributed by atoms with Crippen molar-refractivity contribution in [3.63, 3.8) is 0 Å². The number of carbonyl (C=O) groups excluding carboxylic acids is 2. The van der Waals surface area contributed by atoms with Gasteiger partial charge in [0.05, 0.1) is 48.0 Å². The van der Waals surface area contributed by atoms with Crippen LogP contribution in [0.2, 0.25) is 0 Å². The Morgan fingerprint density at radius 2 is 0.942 bits per heavy atom. The van der Waals surface area contributed by atoms with Crippen LogP contribution in [0.15, 0.2) is 118 Å². The van der Waals surface area contributed by atoms with Gasteiger partial charge in [-0.25, -0.2) is 0 Å². The molecule has 0 spiro atoms. The van der Waals surface area contributed by atoms with Crippen molar-refractivity contribution in [2.24, 2.45) is 20.5 Å². The van der Waals surface area contributed by atoms with Crippen LogP contribution >= 0.6 is 0 Å². The number of aryl methyl sites for hydroxylation is 2. The van der Waals surface area contributed by atoms with Crippen LogP contribution in [0.3, 0.4) is 0 Å². The van der Waals surface area contributed by atoms with Crippen molar-refractivity contribution < 1.29 is 23.8 Å². The SMILES string of the molecule is CCC(C)OC(=O)CCCCCCOc1ccc(N=Nc2ccc(C)cc2)cc1.CCC(C)OC(=O)Cc1ccc(N=Nc2ccc(C)cc2)cc1. The van der Waals surface area contributed by atoms with Crippen LogP contribution in [0.5, 0.6) is 5.75 Å². The average molecular weight is 707 g/mol. The number of carbonyl (C=O) groups is 2. The van der Waals surface area contributed by atoms with Crippen molar-refractivity contribution >= 4 is 34.7 Å². The molecule has 0 saturated heterocycles. The summed E-state index contributed by atoms with van der Waals surface area (Å²) in [7, 11) is 0. The molecule has 276 valence electrons. The lowest BCUT2D eigenvalue weighted by atomic mass is 10.1. The van der Waals surface area contributed by atoms with E-state index >= 15 is 0 Å². The van der Waals surface area contributed by atoms with Gasteiger partial charge >= 0.3 is 11.9 Å². The van der Waals surface area contributed by atoms with Crippen LogP contribution in [-0.2, 0) is 25.5 Å². The van der Waals surface area contributed by atoms with Gasteiger partial charge in [-0.3, -0.25) is 9.59 Å². The molecule has 4 aromatic carbocycles. The van der Waals surface area contributed by atoms with Gasteiger partial charge in [-0.15, -0.1) is 0 Å². The van der Waals surface area contributed by atoms with Crippen molar-refractivity contribution in [2.45, 2.75) is 105 Å². The van der Waals surface area contributed by atoms with E-state index in [-0.39, 0.29) is 30.6 Å². The molecule has 52 heavy (non-hydrogen) atoms. The van der Waals surface area contributed by atoms with Gasteiger partial charge in [0.1, 0.15) is 5.75 Å². The first-order valence-electron chi connectivity index (χ1n) is 18.3. The molecule has 9 heteroatoms. The van der Waals surface area contributed by atoms with Gasteiger partial charge in [0.2, 0.25) is 0 Å². The van der Waals surface area contributed by atoms with Crippen LogP contribution in [0.4, 0.5) is 22.7 Å². The van der Waals surface area contributed by atoms with E-state index in [2.05, 4.69) is 20.5 Å². The molecule has 0 amide bonds. The summed E-state index contributed by atoms with van der Waals surface area (Å²) in [6.07, 6.45) is 6.34. The van der Waals surface area contributed by atoms with E-state index in [9.17, 15) is 9.59 Å². The van der Waals surface area contributed by atoms with Crippen LogP contribution in [0.25, 0.3) is 0 Å². The maximum absolute atomic E-state index is 11.7. The summed E-state index contributed by atoms with van der Waals surface area (Å²) in [5, 5.41) is 16.9. The Morgan fingerprint density at radius 1 is 0.538 bits per heavy atom. The van der Waals surface area contributed by atoms with Crippen LogP contribution in [-0.4, -0.2) is 30.8 Å². The molecular weight excluding hydrogens is 652 g/mol. The van der Waals surface area contributed by atoms with Crippen LogP contribution < -0.4 is 4.74 Å². The number of ether oxygens (including phenoxy) is 3. The molecule has 0 aromatic heterocycles. The first kappa shape index (κ1) is 41.2. The van der Waals surface area contributed by atoms with E-state index < -0.39 is 0 Å². The molecular formula is C43H54N4O5. The summed E-state index contributed by atoms with van der Waals surface area (Å²) in [4.78, 5) is 23.3. The van der Waals surface area contributed by atoms with E-state index in [1.165, 1.54) is 11.1 Å². The lowest BCUT2D eigenvalue weighted by Gasteiger charge is -2.10. The highest BCUT2D eigenvalue weighted by Crippen LogP contribution is 2.22. The van der Waals surface area contributed by atoms with Crippen LogP contribution in [0.1, 0.15) is 89.3 Å². The number of hydrogen-bond donors (Lipinski definition) is 0. The summed E-state index contributed by atoms with van der Waals surface area (Å²) in [5.41, 5.74) is 6.51. The Bertz CT molecular complexity index is 1670. The molecule has 0 bridgehead atoms. The van der Waals surface area contributed by atoms with Gasteiger partial charge in [-0.05, 0) is 120 Å². The second-order valence-electron chi connectivity index (χ2n) is 12.8. The topological polar surface area (TPSA) is 111 Å². The number of unbranched alkanes of at least 4 members (excludes halogenated alkanes) is 3.